The van der Waals surface area contributed by atoms with Crippen molar-refractivity contribution in [3.8, 4) is 0 Å². The maximum absolute atomic E-state index is 13.5. The Morgan fingerprint density at radius 1 is 0.941 bits per heavy atom. The van der Waals surface area contributed by atoms with Gasteiger partial charge in [-0.1, -0.05) is 66.8 Å². The number of halogens is 3. The fourth-order valence-corrected chi connectivity index (χ4v) is 4.80. The third-order valence-corrected chi connectivity index (χ3v) is 7.20. The van der Waals surface area contributed by atoms with E-state index in [-0.39, 0.29) is 29.1 Å². The number of benzene rings is 2. The molecule has 0 saturated heterocycles. The van der Waals surface area contributed by atoms with E-state index in [0.29, 0.717) is 22.2 Å². The summed E-state index contributed by atoms with van der Waals surface area (Å²) < 4.78 is 26.0. The Kier molecular flexibility index (Phi) is 10.1. The first-order chi connectivity index (χ1) is 15.8. The average molecular weight is 549 g/mol. The minimum atomic E-state index is -3.88. The highest BCUT2D eigenvalue weighted by Gasteiger charge is 2.31. The van der Waals surface area contributed by atoms with E-state index in [9.17, 15) is 18.0 Å². The van der Waals surface area contributed by atoms with Gasteiger partial charge in [-0.25, -0.2) is 8.42 Å². The van der Waals surface area contributed by atoms with E-state index >= 15 is 0 Å². The SMILES string of the molecule is CC(C)CNC(=O)C(C)N(Cc1c(Cl)cccc1Cl)C(=O)CN(c1ccccc1Cl)S(C)(=O)=O. The lowest BCUT2D eigenvalue weighted by molar-refractivity contribution is -0.139. The molecule has 0 heterocycles. The lowest BCUT2D eigenvalue weighted by Crippen LogP contribution is -2.51. The Bertz CT molecular complexity index is 1120. The van der Waals surface area contributed by atoms with Crippen molar-refractivity contribution in [2.75, 3.05) is 23.7 Å². The summed E-state index contributed by atoms with van der Waals surface area (Å²) in [6, 6.07) is 10.3. The number of carbonyl (C=O) groups is 2. The molecule has 0 aliphatic rings. The molecule has 2 amide bonds. The van der Waals surface area contributed by atoms with Gasteiger partial charge in [0.15, 0.2) is 0 Å². The molecule has 0 aromatic heterocycles. The summed E-state index contributed by atoms with van der Waals surface area (Å²) >= 11 is 18.8. The number of amides is 2. The van der Waals surface area contributed by atoms with Crippen molar-refractivity contribution in [3.63, 3.8) is 0 Å². The van der Waals surface area contributed by atoms with Crippen LogP contribution >= 0.6 is 34.8 Å². The summed E-state index contributed by atoms with van der Waals surface area (Å²) in [5.74, 6) is -0.790. The van der Waals surface area contributed by atoms with E-state index in [2.05, 4.69) is 5.32 Å². The Balaban J connectivity index is 2.44. The van der Waals surface area contributed by atoms with Crippen molar-refractivity contribution >= 4 is 62.3 Å². The number of carbonyl (C=O) groups excluding carboxylic acids is 2. The molecule has 1 N–H and O–H groups in total. The molecule has 1 unspecified atom stereocenters. The lowest BCUT2D eigenvalue weighted by atomic mass is 10.1. The molecular formula is C23H28Cl3N3O4S. The zero-order valence-electron chi connectivity index (χ0n) is 19.4. The number of nitrogens with zero attached hydrogens (tertiary/aromatic N) is 2. The summed E-state index contributed by atoms with van der Waals surface area (Å²) in [5, 5.41) is 3.63. The van der Waals surface area contributed by atoms with Crippen molar-refractivity contribution in [1.82, 2.24) is 10.2 Å². The highest BCUT2D eigenvalue weighted by atomic mass is 35.5. The van der Waals surface area contributed by atoms with Gasteiger partial charge in [0.05, 0.1) is 17.0 Å². The van der Waals surface area contributed by atoms with Gasteiger partial charge >= 0.3 is 0 Å². The second-order valence-corrected chi connectivity index (χ2v) is 11.4. The van der Waals surface area contributed by atoms with Gasteiger partial charge in [-0.2, -0.15) is 0 Å². The van der Waals surface area contributed by atoms with E-state index < -0.39 is 28.5 Å². The molecule has 34 heavy (non-hydrogen) atoms. The molecule has 0 aliphatic carbocycles. The van der Waals surface area contributed by atoms with Crippen LogP contribution in [0.15, 0.2) is 42.5 Å². The van der Waals surface area contributed by atoms with Gasteiger partial charge < -0.3 is 10.2 Å². The Labute approximate surface area is 216 Å². The summed E-state index contributed by atoms with van der Waals surface area (Å²) in [4.78, 5) is 27.6. The van der Waals surface area contributed by atoms with Crippen molar-refractivity contribution in [2.45, 2.75) is 33.4 Å². The maximum atomic E-state index is 13.5. The van der Waals surface area contributed by atoms with Crippen LogP contribution in [0.1, 0.15) is 26.3 Å². The first-order valence-electron chi connectivity index (χ1n) is 10.5. The normalized spacial score (nSPS) is 12.4. The van der Waals surface area contributed by atoms with E-state index in [0.717, 1.165) is 10.6 Å². The van der Waals surface area contributed by atoms with Crippen LogP contribution in [-0.4, -0.2) is 50.5 Å². The van der Waals surface area contributed by atoms with Crippen molar-refractivity contribution < 1.29 is 18.0 Å². The van der Waals surface area contributed by atoms with Crippen LogP contribution in [0.5, 0.6) is 0 Å². The monoisotopic (exact) mass is 547 g/mol. The molecule has 0 saturated carbocycles. The fraction of sp³-hybridized carbons (Fsp3) is 0.391. The van der Waals surface area contributed by atoms with E-state index in [1.54, 1.807) is 37.3 Å². The van der Waals surface area contributed by atoms with Crippen molar-refractivity contribution in [3.05, 3.63) is 63.1 Å². The highest BCUT2D eigenvalue weighted by molar-refractivity contribution is 7.92. The van der Waals surface area contributed by atoms with Crippen LogP contribution in [0, 0.1) is 5.92 Å². The topological polar surface area (TPSA) is 86.8 Å². The Morgan fingerprint density at radius 3 is 2.03 bits per heavy atom. The Morgan fingerprint density at radius 2 is 1.50 bits per heavy atom. The first-order valence-corrected chi connectivity index (χ1v) is 13.5. The van der Waals surface area contributed by atoms with E-state index in [4.69, 9.17) is 34.8 Å². The summed E-state index contributed by atoms with van der Waals surface area (Å²) in [5.41, 5.74) is 0.610. The number of hydrogen-bond donors (Lipinski definition) is 1. The Hall–Kier alpha value is -2.00. The minimum absolute atomic E-state index is 0.0896. The van der Waals surface area contributed by atoms with Crippen LogP contribution < -0.4 is 9.62 Å². The van der Waals surface area contributed by atoms with Gasteiger partial charge in [0.2, 0.25) is 21.8 Å². The third kappa shape index (κ3) is 7.50. The van der Waals surface area contributed by atoms with Crippen molar-refractivity contribution in [2.24, 2.45) is 5.92 Å². The number of anilines is 1. The van der Waals surface area contributed by atoms with Gasteiger partial charge in [-0.05, 0) is 37.1 Å². The van der Waals surface area contributed by atoms with Gasteiger partial charge in [0.25, 0.3) is 0 Å². The van der Waals surface area contributed by atoms with Crippen molar-refractivity contribution in [1.29, 1.82) is 0 Å². The standard InChI is InChI=1S/C23H28Cl3N3O4S/c1-15(2)12-27-23(31)16(3)28(13-17-18(24)9-7-10-19(17)25)22(30)14-29(34(4,32)33)21-11-6-5-8-20(21)26/h5-11,15-16H,12-14H2,1-4H3,(H,27,31). The second-order valence-electron chi connectivity index (χ2n) is 8.26. The first kappa shape index (κ1) is 28.2. The van der Waals surface area contributed by atoms with Gasteiger partial charge in [0.1, 0.15) is 12.6 Å². The number of hydrogen-bond acceptors (Lipinski definition) is 4. The number of para-hydroxylation sites is 1. The molecule has 0 aliphatic heterocycles. The smallest absolute Gasteiger partial charge is 0.244 e. The van der Waals surface area contributed by atoms with Gasteiger partial charge in [-0.3, -0.25) is 13.9 Å². The number of nitrogens with one attached hydrogen (secondary N) is 1. The molecule has 0 radical (unpaired) electrons. The van der Waals surface area contributed by atoms with Crippen LogP contribution in [0.2, 0.25) is 15.1 Å². The number of rotatable bonds is 10. The molecule has 7 nitrogen and oxygen atoms in total. The van der Waals surface area contributed by atoms with E-state index in [1.165, 1.54) is 17.0 Å². The zero-order valence-corrected chi connectivity index (χ0v) is 22.5. The van der Waals surface area contributed by atoms with Crippen LogP contribution in [0.3, 0.4) is 0 Å². The van der Waals surface area contributed by atoms with Crippen LogP contribution in [0.25, 0.3) is 0 Å². The van der Waals surface area contributed by atoms with Crippen LogP contribution in [0.4, 0.5) is 5.69 Å². The molecule has 1 atom stereocenters. The maximum Gasteiger partial charge on any atom is 0.244 e. The third-order valence-electron chi connectivity index (χ3n) is 5.04. The molecular weight excluding hydrogens is 521 g/mol. The minimum Gasteiger partial charge on any atom is -0.354 e. The largest absolute Gasteiger partial charge is 0.354 e. The second kappa shape index (κ2) is 12.1. The van der Waals surface area contributed by atoms with E-state index in [1.807, 2.05) is 13.8 Å². The molecule has 0 bridgehead atoms. The summed E-state index contributed by atoms with van der Waals surface area (Å²) in [6.45, 7) is 5.24. The summed E-state index contributed by atoms with van der Waals surface area (Å²) in [7, 11) is -3.88. The number of sulfonamides is 1. The molecule has 2 aromatic rings. The van der Waals surface area contributed by atoms with Gasteiger partial charge in [-0.15, -0.1) is 0 Å². The molecule has 2 rings (SSSR count). The molecule has 186 valence electrons. The zero-order chi connectivity index (χ0) is 25.6. The molecule has 0 spiro atoms. The molecule has 2 aromatic carbocycles. The summed E-state index contributed by atoms with van der Waals surface area (Å²) in [6.07, 6.45) is 0.984. The molecule has 0 fully saturated rings. The fourth-order valence-electron chi connectivity index (χ4n) is 3.14. The molecule has 11 heteroatoms. The predicted octanol–water partition coefficient (Wildman–Crippen LogP) is 4.60. The lowest BCUT2D eigenvalue weighted by Gasteiger charge is -2.32. The highest BCUT2D eigenvalue weighted by Crippen LogP contribution is 2.29. The van der Waals surface area contributed by atoms with Crippen LogP contribution in [-0.2, 0) is 26.2 Å². The predicted molar refractivity (Wildman–Crippen MR) is 138 cm³/mol. The van der Waals surface area contributed by atoms with Gasteiger partial charge in [0, 0.05) is 28.7 Å². The quantitative estimate of drug-likeness (QED) is 0.470. The average Bonchev–Trinajstić information content (AvgIpc) is 2.75.